The number of halogens is 2. The van der Waals surface area contributed by atoms with Gasteiger partial charge in [0.15, 0.2) is 0 Å². The van der Waals surface area contributed by atoms with Gasteiger partial charge in [-0.15, -0.1) is 24.8 Å². The van der Waals surface area contributed by atoms with E-state index < -0.39 is 33.3 Å². The van der Waals surface area contributed by atoms with Gasteiger partial charge in [0, 0.05) is 0 Å². The molecular formula is C22H44Cl2HfSi3. The van der Waals surface area contributed by atoms with Crippen LogP contribution in [0.1, 0.15) is 39.5 Å². The van der Waals surface area contributed by atoms with Gasteiger partial charge in [0.2, 0.25) is 0 Å². The van der Waals surface area contributed by atoms with E-state index >= 15 is 0 Å². The Morgan fingerprint density at radius 3 is 1.25 bits per heavy atom. The maximum atomic E-state index is 2.78. The van der Waals surface area contributed by atoms with E-state index in [-0.39, 0.29) is 24.8 Å². The van der Waals surface area contributed by atoms with Gasteiger partial charge in [0.05, 0.1) is 0 Å². The van der Waals surface area contributed by atoms with Gasteiger partial charge in [-0.2, -0.15) is 0 Å². The Balaban J connectivity index is 0.00000364. The molecule has 0 fully saturated rings. The number of rotatable bonds is 6. The third kappa shape index (κ3) is 5.64. The van der Waals surface area contributed by atoms with E-state index in [1.807, 2.05) is 17.1 Å². The van der Waals surface area contributed by atoms with Crippen LogP contribution < -0.4 is 0 Å². The van der Waals surface area contributed by atoms with E-state index in [1.165, 1.54) is 25.7 Å². The van der Waals surface area contributed by atoms with Crippen molar-refractivity contribution in [2.75, 3.05) is 0 Å². The molecule has 6 heteroatoms. The van der Waals surface area contributed by atoms with E-state index in [2.05, 4.69) is 81.6 Å². The Bertz CT molecular complexity index is 748. The molecule has 0 atom stereocenters. The van der Waals surface area contributed by atoms with Crippen LogP contribution in [0.3, 0.4) is 0 Å². The van der Waals surface area contributed by atoms with Crippen molar-refractivity contribution in [3.8, 4) is 0 Å². The second kappa shape index (κ2) is 9.28. The minimum atomic E-state index is -3.27. The standard InChI is InChI=1S/2C10H17Si.2CH3.2ClH.Hf.H2Si/c2*1-5-9-6-7-10(8-9)11(2,3)4;;;;;;/h2*8H,5-6H2,1-4H3;2*1H3;2*1H;;1H2. The number of allylic oxidation sites excluding steroid dienone is 8. The molecule has 0 amide bonds. The molecule has 0 spiro atoms. The van der Waals surface area contributed by atoms with Crippen LogP contribution in [0.4, 0.5) is 0 Å². The molecule has 0 aromatic carbocycles. The molecule has 0 aliphatic heterocycles. The summed E-state index contributed by atoms with van der Waals surface area (Å²) in [5, 5.41) is 3.66. The predicted molar refractivity (Wildman–Crippen MR) is 141 cm³/mol. The van der Waals surface area contributed by atoms with Crippen LogP contribution in [0.25, 0.3) is 0 Å². The van der Waals surface area contributed by atoms with Crippen LogP contribution in [0.5, 0.6) is 0 Å². The zero-order valence-corrected chi connectivity index (χ0v) is 28.6. The summed E-state index contributed by atoms with van der Waals surface area (Å²) in [5.74, 6) is 0. The summed E-state index contributed by atoms with van der Waals surface area (Å²) in [6.07, 6.45) is 10.3. The average Bonchev–Trinajstić information content (AvgIpc) is 3.11. The first-order valence-electron chi connectivity index (χ1n) is 10.5. The second-order valence-electron chi connectivity index (χ2n) is 11.6. The molecule has 2 aliphatic carbocycles. The summed E-state index contributed by atoms with van der Waals surface area (Å²) in [5.41, 5.74) is 3.40. The van der Waals surface area contributed by atoms with Gasteiger partial charge in [-0.25, -0.2) is 0 Å². The van der Waals surface area contributed by atoms with E-state index in [9.17, 15) is 0 Å². The molecule has 2 aliphatic rings. The molecule has 0 aromatic rings. The van der Waals surface area contributed by atoms with Crippen LogP contribution in [0.15, 0.2) is 40.4 Å². The molecule has 0 radical (unpaired) electrons. The van der Waals surface area contributed by atoms with Crippen molar-refractivity contribution in [3.05, 3.63) is 40.4 Å². The molecule has 0 unspecified atom stereocenters. The normalized spacial score (nSPS) is 18.7. The van der Waals surface area contributed by atoms with Crippen molar-refractivity contribution in [1.82, 2.24) is 0 Å². The number of hydrogen-bond acceptors (Lipinski definition) is 0. The number of hydrogen-bond donors (Lipinski definition) is 0. The topological polar surface area (TPSA) is 0 Å². The van der Waals surface area contributed by atoms with E-state index in [0.717, 1.165) is 0 Å². The molecule has 0 N–H and O–H groups in total. The van der Waals surface area contributed by atoms with Gasteiger partial charge in [-0.1, -0.05) is 0 Å². The van der Waals surface area contributed by atoms with Crippen molar-refractivity contribution in [3.63, 3.8) is 0 Å². The maximum Gasteiger partial charge on any atom is -0.147 e. The van der Waals surface area contributed by atoms with Crippen molar-refractivity contribution < 1.29 is 17.1 Å². The Morgan fingerprint density at radius 2 is 1.04 bits per heavy atom. The molecule has 2 rings (SSSR count). The van der Waals surface area contributed by atoms with E-state index in [4.69, 9.17) is 0 Å². The minimum absolute atomic E-state index is 0. The Hall–Kier alpha value is 1.06. The van der Waals surface area contributed by atoms with E-state index in [1.54, 1.807) is 11.1 Å². The van der Waals surface area contributed by atoms with Gasteiger partial charge in [0.1, 0.15) is 0 Å². The molecule has 0 saturated carbocycles. The molecule has 0 heterocycles. The smallest absolute Gasteiger partial charge is 0.147 e. The fraction of sp³-hybridized carbons (Fsp3) is 0.636. The first-order chi connectivity index (χ1) is 11.6. The Kier molecular flexibility index (Phi) is 9.63. The molecule has 0 aromatic heterocycles. The van der Waals surface area contributed by atoms with Crippen LogP contribution >= 0.6 is 24.8 Å². The van der Waals surface area contributed by atoms with Crippen molar-refractivity contribution >= 4 is 47.9 Å². The molecular weight excluding hydrogens is 598 g/mol. The summed E-state index contributed by atoms with van der Waals surface area (Å²) in [6.45, 7) is 22.6. The SMILES string of the molecule is CCC1=CC([Si](C)(C)C)=[C]([Hf]([CH3])([CH3])(=[SiH2])[C]2=C([Si](C)(C)C)C=C(CC)C2)C1.Cl.Cl. The Morgan fingerprint density at radius 1 is 0.750 bits per heavy atom. The van der Waals surface area contributed by atoms with E-state index in [0.29, 0.717) is 0 Å². The summed E-state index contributed by atoms with van der Waals surface area (Å²) in [4.78, 5) is 0. The fourth-order valence-electron chi connectivity index (χ4n) is 4.73. The van der Waals surface area contributed by atoms with Gasteiger partial charge < -0.3 is 0 Å². The predicted octanol–water partition coefficient (Wildman–Crippen LogP) is 7.91. The van der Waals surface area contributed by atoms with Crippen molar-refractivity contribution in [2.45, 2.75) is 88.2 Å². The third-order valence-electron chi connectivity index (χ3n) is 6.61. The summed E-state index contributed by atoms with van der Waals surface area (Å²) in [6, 6.07) is 0. The molecule has 162 valence electrons. The van der Waals surface area contributed by atoms with Crippen molar-refractivity contribution in [2.24, 2.45) is 0 Å². The summed E-state index contributed by atoms with van der Waals surface area (Å²) >= 11 is -3.27. The second-order valence-corrected chi connectivity index (χ2v) is 62.7. The van der Waals surface area contributed by atoms with Gasteiger partial charge in [-0.3, -0.25) is 0 Å². The molecule has 0 nitrogen and oxygen atoms in total. The molecule has 0 bridgehead atoms. The third-order valence-corrected chi connectivity index (χ3v) is 36.6. The van der Waals surface area contributed by atoms with Gasteiger partial charge >= 0.3 is 169 Å². The van der Waals surface area contributed by atoms with Crippen LogP contribution in [0, 0.1) is 0 Å². The fourth-order valence-corrected chi connectivity index (χ4v) is 44.4. The largest absolute Gasteiger partial charge is 0.147 e. The van der Waals surface area contributed by atoms with Crippen LogP contribution in [-0.2, 0) is 17.1 Å². The van der Waals surface area contributed by atoms with Crippen LogP contribution in [-0.4, -0.2) is 23.1 Å². The first-order valence-corrected chi connectivity index (χ1v) is 36.7. The van der Waals surface area contributed by atoms with Gasteiger partial charge in [-0.05, 0) is 0 Å². The zero-order chi connectivity index (χ0) is 20.2. The maximum absolute atomic E-state index is 3.27. The summed E-state index contributed by atoms with van der Waals surface area (Å²) in [7, 11) is -2.62. The average molecular weight is 642 g/mol. The molecule has 28 heavy (non-hydrogen) atoms. The Labute approximate surface area is 192 Å². The first kappa shape index (κ1) is 29.1. The van der Waals surface area contributed by atoms with Crippen molar-refractivity contribution in [1.29, 1.82) is 0 Å². The summed E-state index contributed by atoms with van der Waals surface area (Å²) < 4.78 is 9.49. The monoisotopic (exact) mass is 642 g/mol. The zero-order valence-electron chi connectivity index (χ0n) is 20.0. The molecule has 0 saturated heterocycles. The van der Waals surface area contributed by atoms with Gasteiger partial charge in [0.25, 0.3) is 0 Å². The van der Waals surface area contributed by atoms with Crippen LogP contribution in [0.2, 0.25) is 48.6 Å². The minimum Gasteiger partial charge on any atom is -0.147 e. The quantitative estimate of drug-likeness (QED) is 0.259.